The molecule has 0 aliphatic rings. The average molecular weight is 301 g/mol. The molecular formula is C17H23N3O2. The number of nitrogens with one attached hydrogen (secondary N) is 1. The lowest BCUT2D eigenvalue weighted by molar-refractivity contribution is -0.122. The van der Waals surface area contributed by atoms with Crippen molar-refractivity contribution in [1.29, 1.82) is 0 Å². The molecule has 2 rings (SSSR count). The molecule has 0 radical (unpaired) electrons. The highest BCUT2D eigenvalue weighted by molar-refractivity contribution is 5.92. The maximum atomic E-state index is 12.1. The second-order valence-corrected chi connectivity index (χ2v) is 5.85. The number of benzene rings is 1. The third-order valence-electron chi connectivity index (χ3n) is 4.00. The topological polar surface area (TPSA) is 67.2 Å². The second-order valence-electron chi connectivity index (χ2n) is 5.85. The minimum atomic E-state index is -0.391. The van der Waals surface area contributed by atoms with Gasteiger partial charge in [0, 0.05) is 17.1 Å². The van der Waals surface area contributed by atoms with Crippen LogP contribution >= 0.6 is 0 Å². The lowest BCUT2D eigenvalue weighted by atomic mass is 9.96. The van der Waals surface area contributed by atoms with E-state index in [1.807, 2.05) is 56.5 Å². The van der Waals surface area contributed by atoms with Crippen molar-refractivity contribution in [2.45, 2.75) is 27.7 Å². The third kappa shape index (κ3) is 3.36. The van der Waals surface area contributed by atoms with E-state index in [1.54, 1.807) is 6.33 Å². The summed E-state index contributed by atoms with van der Waals surface area (Å²) < 4.78 is 2.01. The van der Waals surface area contributed by atoms with Gasteiger partial charge in [-0.1, -0.05) is 13.8 Å². The molecule has 118 valence electrons. The molecule has 0 saturated carbocycles. The van der Waals surface area contributed by atoms with E-state index in [9.17, 15) is 9.90 Å². The van der Waals surface area contributed by atoms with Crippen LogP contribution in [0, 0.1) is 25.7 Å². The Morgan fingerprint density at radius 1 is 1.27 bits per heavy atom. The Kier molecular flexibility index (Phi) is 4.98. The van der Waals surface area contributed by atoms with Gasteiger partial charge in [0.15, 0.2) is 0 Å². The predicted octanol–water partition coefficient (Wildman–Crippen LogP) is 2.69. The zero-order valence-corrected chi connectivity index (χ0v) is 13.5. The molecule has 1 amide bonds. The van der Waals surface area contributed by atoms with Crippen LogP contribution in [0.5, 0.6) is 0 Å². The van der Waals surface area contributed by atoms with E-state index < -0.39 is 5.92 Å². The molecule has 1 heterocycles. The van der Waals surface area contributed by atoms with Crippen molar-refractivity contribution in [1.82, 2.24) is 9.55 Å². The van der Waals surface area contributed by atoms with Gasteiger partial charge in [0.05, 0.1) is 24.5 Å². The highest BCUT2D eigenvalue weighted by Crippen LogP contribution is 2.18. The summed E-state index contributed by atoms with van der Waals surface area (Å²) in [6.45, 7) is 7.70. The van der Waals surface area contributed by atoms with Gasteiger partial charge in [-0.25, -0.2) is 4.98 Å². The Labute approximate surface area is 131 Å². The molecule has 5 nitrogen and oxygen atoms in total. The maximum absolute atomic E-state index is 12.1. The smallest absolute Gasteiger partial charge is 0.230 e. The van der Waals surface area contributed by atoms with Crippen LogP contribution in [-0.2, 0) is 4.79 Å². The quantitative estimate of drug-likeness (QED) is 0.892. The highest BCUT2D eigenvalue weighted by Gasteiger charge is 2.21. The fourth-order valence-corrected chi connectivity index (χ4v) is 2.30. The summed E-state index contributed by atoms with van der Waals surface area (Å²) >= 11 is 0. The number of hydrogen-bond donors (Lipinski definition) is 2. The van der Waals surface area contributed by atoms with Crippen LogP contribution in [0.25, 0.3) is 5.69 Å². The SMILES string of the molecule is Cc1ncn(-c2ccc(NC(=O)C(CO)C(C)C)cc2)c1C. The van der Waals surface area contributed by atoms with Gasteiger partial charge < -0.3 is 15.0 Å². The number of hydrogen-bond acceptors (Lipinski definition) is 3. The highest BCUT2D eigenvalue weighted by atomic mass is 16.3. The fourth-order valence-electron chi connectivity index (χ4n) is 2.30. The molecule has 2 N–H and O–H groups in total. The summed E-state index contributed by atoms with van der Waals surface area (Å²) in [6, 6.07) is 7.59. The molecular weight excluding hydrogens is 278 g/mol. The van der Waals surface area contributed by atoms with Crippen LogP contribution in [0.4, 0.5) is 5.69 Å². The summed E-state index contributed by atoms with van der Waals surface area (Å²) in [5.74, 6) is -0.445. The number of imidazole rings is 1. The number of carbonyl (C=O) groups is 1. The van der Waals surface area contributed by atoms with Crippen LogP contribution in [-0.4, -0.2) is 27.2 Å². The molecule has 5 heteroatoms. The number of aliphatic hydroxyl groups excluding tert-OH is 1. The number of aliphatic hydroxyl groups is 1. The Morgan fingerprint density at radius 3 is 2.36 bits per heavy atom. The van der Waals surface area contributed by atoms with Gasteiger partial charge in [0.1, 0.15) is 0 Å². The first kappa shape index (κ1) is 16.2. The largest absolute Gasteiger partial charge is 0.396 e. The van der Waals surface area contributed by atoms with Crippen LogP contribution < -0.4 is 5.32 Å². The van der Waals surface area contributed by atoms with E-state index in [4.69, 9.17) is 0 Å². The molecule has 1 aromatic heterocycles. The van der Waals surface area contributed by atoms with Crippen molar-refractivity contribution >= 4 is 11.6 Å². The van der Waals surface area contributed by atoms with Crippen molar-refractivity contribution in [2.75, 3.05) is 11.9 Å². The first-order valence-electron chi connectivity index (χ1n) is 7.46. The van der Waals surface area contributed by atoms with Crippen molar-refractivity contribution in [3.05, 3.63) is 42.0 Å². The number of carbonyl (C=O) groups excluding carboxylic acids is 1. The zero-order valence-electron chi connectivity index (χ0n) is 13.5. The molecule has 0 bridgehead atoms. The molecule has 0 aliphatic heterocycles. The fraction of sp³-hybridized carbons (Fsp3) is 0.412. The molecule has 0 aliphatic carbocycles. The van der Waals surface area contributed by atoms with E-state index in [0.29, 0.717) is 0 Å². The summed E-state index contributed by atoms with van der Waals surface area (Å²) in [5, 5.41) is 12.1. The number of amides is 1. The number of nitrogens with zero attached hydrogens (tertiary/aromatic N) is 2. The zero-order chi connectivity index (χ0) is 16.3. The van der Waals surface area contributed by atoms with Crippen molar-refractivity contribution in [3.63, 3.8) is 0 Å². The Morgan fingerprint density at radius 2 is 1.91 bits per heavy atom. The Hall–Kier alpha value is -2.14. The first-order chi connectivity index (χ1) is 10.4. The summed E-state index contributed by atoms with van der Waals surface area (Å²) in [6.07, 6.45) is 1.79. The standard InChI is InChI=1S/C17H23N3O2/c1-11(2)16(9-21)17(22)19-14-5-7-15(8-6-14)20-10-18-12(3)13(20)4/h5-8,10-11,16,21H,9H2,1-4H3,(H,19,22). The van der Waals surface area contributed by atoms with Crippen molar-refractivity contribution in [3.8, 4) is 5.69 Å². The van der Waals surface area contributed by atoms with Crippen LogP contribution in [0.2, 0.25) is 0 Å². The number of aryl methyl sites for hydroxylation is 1. The van der Waals surface area contributed by atoms with E-state index in [1.165, 1.54) is 0 Å². The van der Waals surface area contributed by atoms with Crippen molar-refractivity contribution < 1.29 is 9.90 Å². The van der Waals surface area contributed by atoms with E-state index in [2.05, 4.69) is 10.3 Å². The molecule has 0 saturated heterocycles. The Bertz CT molecular complexity index is 644. The van der Waals surface area contributed by atoms with Gasteiger partial charge in [0.2, 0.25) is 5.91 Å². The predicted molar refractivity (Wildman–Crippen MR) is 87.1 cm³/mol. The first-order valence-corrected chi connectivity index (χ1v) is 7.46. The lowest BCUT2D eigenvalue weighted by Crippen LogP contribution is -2.29. The van der Waals surface area contributed by atoms with Crippen LogP contribution in [0.3, 0.4) is 0 Å². The second kappa shape index (κ2) is 6.75. The van der Waals surface area contributed by atoms with Crippen LogP contribution in [0.15, 0.2) is 30.6 Å². The van der Waals surface area contributed by atoms with Crippen molar-refractivity contribution in [2.24, 2.45) is 11.8 Å². The van der Waals surface area contributed by atoms with Gasteiger partial charge in [-0.15, -0.1) is 0 Å². The molecule has 2 aromatic rings. The monoisotopic (exact) mass is 301 g/mol. The van der Waals surface area contributed by atoms with Crippen LogP contribution in [0.1, 0.15) is 25.2 Å². The molecule has 22 heavy (non-hydrogen) atoms. The third-order valence-corrected chi connectivity index (χ3v) is 4.00. The average Bonchev–Trinajstić information content (AvgIpc) is 2.80. The van der Waals surface area contributed by atoms with Gasteiger partial charge >= 0.3 is 0 Å². The normalized spacial score (nSPS) is 12.5. The van der Waals surface area contributed by atoms with E-state index >= 15 is 0 Å². The Balaban J connectivity index is 2.12. The summed E-state index contributed by atoms with van der Waals surface area (Å²) in [4.78, 5) is 16.4. The number of rotatable bonds is 5. The molecule has 0 spiro atoms. The number of aromatic nitrogens is 2. The minimum absolute atomic E-state index is 0.0980. The summed E-state index contributed by atoms with van der Waals surface area (Å²) in [5.41, 5.74) is 3.82. The molecule has 1 atom stereocenters. The van der Waals surface area contributed by atoms with Gasteiger partial charge in [-0.2, -0.15) is 0 Å². The van der Waals surface area contributed by atoms with E-state index in [-0.39, 0.29) is 18.4 Å². The van der Waals surface area contributed by atoms with E-state index in [0.717, 1.165) is 22.8 Å². The maximum Gasteiger partial charge on any atom is 0.230 e. The number of anilines is 1. The molecule has 1 aromatic carbocycles. The minimum Gasteiger partial charge on any atom is -0.396 e. The summed E-state index contributed by atoms with van der Waals surface area (Å²) in [7, 11) is 0. The van der Waals surface area contributed by atoms with Gasteiger partial charge in [-0.3, -0.25) is 4.79 Å². The lowest BCUT2D eigenvalue weighted by Gasteiger charge is -2.17. The van der Waals surface area contributed by atoms with Gasteiger partial charge in [-0.05, 0) is 44.0 Å². The van der Waals surface area contributed by atoms with Gasteiger partial charge in [0.25, 0.3) is 0 Å². The molecule has 1 unspecified atom stereocenters. The molecule has 0 fully saturated rings.